The second-order valence-corrected chi connectivity index (χ2v) is 7.59. The van der Waals surface area contributed by atoms with Crippen LogP contribution in [0.5, 0.6) is 5.75 Å². The van der Waals surface area contributed by atoms with Crippen LogP contribution in [-0.4, -0.2) is 12.0 Å². The van der Waals surface area contributed by atoms with Crippen LogP contribution in [0.25, 0.3) is 0 Å². The quantitative estimate of drug-likeness (QED) is 0.857. The highest BCUT2D eigenvalue weighted by Gasteiger charge is 2.26. The van der Waals surface area contributed by atoms with Gasteiger partial charge in [0.25, 0.3) is 5.91 Å². The fourth-order valence-corrected chi connectivity index (χ4v) is 4.50. The molecule has 0 aliphatic heterocycles. The summed E-state index contributed by atoms with van der Waals surface area (Å²) in [5, 5.41) is 13.2. The first-order chi connectivity index (χ1) is 12.1. The van der Waals surface area contributed by atoms with Crippen molar-refractivity contribution < 1.29 is 9.53 Å². The maximum absolute atomic E-state index is 12.7. The number of hydrogen-bond donors (Lipinski definition) is 1. The molecule has 5 heteroatoms. The zero-order valence-corrected chi connectivity index (χ0v) is 15.4. The maximum Gasteiger partial charge on any atom is 0.266 e. The van der Waals surface area contributed by atoms with E-state index in [1.165, 1.54) is 4.88 Å². The van der Waals surface area contributed by atoms with E-state index in [0.717, 1.165) is 24.8 Å². The van der Waals surface area contributed by atoms with Gasteiger partial charge < -0.3 is 10.1 Å². The Morgan fingerprint density at radius 2 is 2.20 bits per heavy atom. The smallest absolute Gasteiger partial charge is 0.266 e. The lowest BCUT2D eigenvalue weighted by molar-refractivity contribution is -0.122. The van der Waals surface area contributed by atoms with Crippen molar-refractivity contribution in [2.45, 2.75) is 45.6 Å². The number of anilines is 1. The molecule has 1 aliphatic rings. The molecule has 130 valence electrons. The molecule has 3 rings (SSSR count). The fraction of sp³-hybridized carbons (Fsp3) is 0.400. The third-order valence-electron chi connectivity index (χ3n) is 4.54. The van der Waals surface area contributed by atoms with Gasteiger partial charge in [0, 0.05) is 4.88 Å². The average Bonchev–Trinajstić information content (AvgIpc) is 2.96. The predicted octanol–water partition coefficient (Wildman–Crippen LogP) is 4.54. The third-order valence-corrected chi connectivity index (χ3v) is 5.71. The van der Waals surface area contributed by atoms with Crippen LogP contribution in [0.3, 0.4) is 0 Å². The molecule has 1 amide bonds. The van der Waals surface area contributed by atoms with Gasteiger partial charge in [0.05, 0.1) is 5.56 Å². The zero-order valence-electron chi connectivity index (χ0n) is 14.5. The van der Waals surface area contributed by atoms with Crippen LogP contribution in [0, 0.1) is 17.2 Å². The summed E-state index contributed by atoms with van der Waals surface area (Å²) in [5.41, 5.74) is 1.76. The molecule has 25 heavy (non-hydrogen) atoms. The van der Waals surface area contributed by atoms with Crippen molar-refractivity contribution in [3.8, 4) is 11.8 Å². The SMILES string of the molecule is CC[C@@H](Oc1ccccc1)C(=O)Nc1sc2c(c1C#N)CC[C@@H](C)C2. The Labute approximate surface area is 152 Å². The largest absolute Gasteiger partial charge is 0.481 e. The van der Waals surface area contributed by atoms with E-state index in [1.54, 1.807) is 11.3 Å². The molecule has 1 heterocycles. The van der Waals surface area contributed by atoms with Crippen molar-refractivity contribution in [2.75, 3.05) is 5.32 Å². The number of para-hydroxylation sites is 1. The van der Waals surface area contributed by atoms with Crippen molar-refractivity contribution >= 4 is 22.2 Å². The van der Waals surface area contributed by atoms with E-state index in [4.69, 9.17) is 4.74 Å². The lowest BCUT2D eigenvalue weighted by atomic mass is 9.88. The average molecular weight is 354 g/mol. The molecule has 0 saturated heterocycles. The zero-order chi connectivity index (χ0) is 17.8. The van der Waals surface area contributed by atoms with Crippen LogP contribution >= 0.6 is 11.3 Å². The molecular weight excluding hydrogens is 332 g/mol. The van der Waals surface area contributed by atoms with Gasteiger partial charge >= 0.3 is 0 Å². The summed E-state index contributed by atoms with van der Waals surface area (Å²) in [5.74, 6) is 1.10. The van der Waals surface area contributed by atoms with Crippen LogP contribution in [0.2, 0.25) is 0 Å². The second-order valence-electron chi connectivity index (χ2n) is 6.48. The highest BCUT2D eigenvalue weighted by molar-refractivity contribution is 7.16. The molecule has 0 bridgehead atoms. The molecule has 0 saturated carbocycles. The van der Waals surface area contributed by atoms with Crippen molar-refractivity contribution in [3.63, 3.8) is 0 Å². The predicted molar refractivity (Wildman–Crippen MR) is 100 cm³/mol. The maximum atomic E-state index is 12.7. The van der Waals surface area contributed by atoms with Crippen molar-refractivity contribution in [3.05, 3.63) is 46.3 Å². The second kappa shape index (κ2) is 7.71. The number of nitriles is 1. The van der Waals surface area contributed by atoms with E-state index in [2.05, 4.69) is 18.3 Å². The number of rotatable bonds is 5. The minimum Gasteiger partial charge on any atom is -0.481 e. The summed E-state index contributed by atoms with van der Waals surface area (Å²) in [6.45, 7) is 4.15. The van der Waals surface area contributed by atoms with Crippen molar-refractivity contribution in [1.29, 1.82) is 5.26 Å². The summed E-state index contributed by atoms with van der Waals surface area (Å²) in [6, 6.07) is 11.6. The Balaban J connectivity index is 1.77. The first-order valence-electron chi connectivity index (χ1n) is 8.69. The molecule has 1 aromatic heterocycles. The lowest BCUT2D eigenvalue weighted by Gasteiger charge is -2.17. The van der Waals surface area contributed by atoms with Gasteiger partial charge in [-0.1, -0.05) is 32.0 Å². The number of hydrogen-bond acceptors (Lipinski definition) is 4. The highest BCUT2D eigenvalue weighted by atomic mass is 32.1. The number of amides is 1. The number of nitrogens with zero attached hydrogens (tertiary/aromatic N) is 1. The lowest BCUT2D eigenvalue weighted by Crippen LogP contribution is -2.32. The number of nitrogens with one attached hydrogen (secondary N) is 1. The highest BCUT2D eigenvalue weighted by Crippen LogP contribution is 2.39. The van der Waals surface area contributed by atoms with E-state index in [-0.39, 0.29) is 5.91 Å². The molecule has 1 N–H and O–H groups in total. The Bertz CT molecular complexity index is 792. The van der Waals surface area contributed by atoms with E-state index in [0.29, 0.717) is 28.7 Å². The molecular formula is C20H22N2O2S. The molecule has 1 aliphatic carbocycles. The molecule has 1 aromatic carbocycles. The van der Waals surface area contributed by atoms with Gasteiger partial charge in [-0.25, -0.2) is 0 Å². The van der Waals surface area contributed by atoms with Gasteiger partial charge in [-0.3, -0.25) is 4.79 Å². The van der Waals surface area contributed by atoms with Crippen LogP contribution < -0.4 is 10.1 Å². The van der Waals surface area contributed by atoms with Gasteiger partial charge in [0.1, 0.15) is 16.8 Å². The first kappa shape index (κ1) is 17.5. The van der Waals surface area contributed by atoms with Gasteiger partial charge in [0.2, 0.25) is 0 Å². The number of carbonyl (C=O) groups is 1. The monoisotopic (exact) mass is 354 g/mol. The number of benzene rings is 1. The Morgan fingerprint density at radius 1 is 1.44 bits per heavy atom. The molecule has 2 aromatic rings. The van der Waals surface area contributed by atoms with Crippen LogP contribution in [0.15, 0.2) is 30.3 Å². The van der Waals surface area contributed by atoms with E-state index in [1.807, 2.05) is 37.3 Å². The van der Waals surface area contributed by atoms with Crippen LogP contribution in [0.1, 0.15) is 42.7 Å². The molecule has 4 nitrogen and oxygen atoms in total. The summed E-state index contributed by atoms with van der Waals surface area (Å²) >= 11 is 1.54. The van der Waals surface area contributed by atoms with Gasteiger partial charge in [-0.15, -0.1) is 11.3 Å². The first-order valence-corrected chi connectivity index (χ1v) is 9.51. The van der Waals surface area contributed by atoms with Gasteiger partial charge in [-0.2, -0.15) is 5.26 Å². The number of ether oxygens (including phenoxy) is 1. The summed E-state index contributed by atoms with van der Waals surface area (Å²) in [6.07, 6.45) is 2.99. The number of carbonyl (C=O) groups excluding carboxylic acids is 1. The van der Waals surface area contributed by atoms with Crippen molar-refractivity contribution in [1.82, 2.24) is 0 Å². The molecule has 0 unspecified atom stereocenters. The Kier molecular flexibility index (Phi) is 5.40. The standard InChI is InChI=1S/C20H22N2O2S/c1-3-17(24-14-7-5-4-6-8-14)19(23)22-20-16(12-21)15-10-9-13(2)11-18(15)25-20/h4-8,13,17H,3,9-11H2,1-2H3,(H,22,23)/t13-,17-/m1/s1. The topological polar surface area (TPSA) is 62.1 Å². The van der Waals surface area contributed by atoms with Gasteiger partial charge in [-0.05, 0) is 49.3 Å². The van der Waals surface area contributed by atoms with Crippen LogP contribution in [-0.2, 0) is 17.6 Å². The van der Waals surface area contributed by atoms with Crippen molar-refractivity contribution in [2.24, 2.45) is 5.92 Å². The van der Waals surface area contributed by atoms with Gasteiger partial charge in [0.15, 0.2) is 6.10 Å². The summed E-state index contributed by atoms with van der Waals surface area (Å²) in [4.78, 5) is 13.9. The van der Waals surface area contributed by atoms with Crippen LogP contribution in [0.4, 0.5) is 5.00 Å². The molecule has 2 atom stereocenters. The minimum absolute atomic E-state index is 0.200. The Hall–Kier alpha value is -2.32. The molecule has 0 radical (unpaired) electrons. The van der Waals surface area contributed by atoms with E-state index in [9.17, 15) is 10.1 Å². The van der Waals surface area contributed by atoms with E-state index >= 15 is 0 Å². The molecule has 0 fully saturated rings. The summed E-state index contributed by atoms with van der Waals surface area (Å²) < 4.78 is 5.80. The summed E-state index contributed by atoms with van der Waals surface area (Å²) in [7, 11) is 0. The normalized spacial score (nSPS) is 17.2. The van der Waals surface area contributed by atoms with E-state index < -0.39 is 6.10 Å². The molecule has 0 spiro atoms. The number of thiophene rings is 1. The fourth-order valence-electron chi connectivity index (χ4n) is 3.14. The minimum atomic E-state index is -0.577. The Morgan fingerprint density at radius 3 is 2.88 bits per heavy atom. The number of fused-ring (bicyclic) bond motifs is 1. The third kappa shape index (κ3) is 3.85.